The van der Waals surface area contributed by atoms with E-state index in [1.165, 1.54) is 0 Å². The van der Waals surface area contributed by atoms with Gasteiger partial charge in [0.2, 0.25) is 0 Å². The zero-order valence-electron chi connectivity index (χ0n) is 9.51. The Kier molecular flexibility index (Phi) is 3.40. The average Bonchev–Trinajstić information content (AvgIpc) is 2.89. The number of carbonyl (C=O) groups is 1. The Bertz CT molecular complexity index is 510. The van der Waals surface area contributed by atoms with E-state index in [4.69, 9.17) is 4.74 Å². The standard InChI is InChI=1S/C14H13NO2/c1-17-13-7-4-11(5-8-13)14(16)9-6-12-3-2-10-15-12/h2-10,15H,1H3/b9-6+. The van der Waals surface area contributed by atoms with E-state index in [1.54, 1.807) is 43.5 Å². The maximum atomic E-state index is 11.8. The third kappa shape index (κ3) is 2.84. The number of aromatic nitrogens is 1. The lowest BCUT2D eigenvalue weighted by Crippen LogP contribution is -1.94. The van der Waals surface area contributed by atoms with Gasteiger partial charge in [0, 0.05) is 17.5 Å². The number of nitrogens with one attached hydrogen (secondary N) is 1. The van der Waals surface area contributed by atoms with Crippen molar-refractivity contribution in [2.24, 2.45) is 0 Å². The van der Waals surface area contributed by atoms with E-state index in [0.717, 1.165) is 11.4 Å². The summed E-state index contributed by atoms with van der Waals surface area (Å²) in [6, 6.07) is 10.8. The largest absolute Gasteiger partial charge is 0.497 e. The number of ketones is 1. The first-order valence-electron chi connectivity index (χ1n) is 5.29. The van der Waals surface area contributed by atoms with Gasteiger partial charge in [-0.1, -0.05) is 0 Å². The van der Waals surface area contributed by atoms with Crippen molar-refractivity contribution in [1.82, 2.24) is 4.98 Å². The minimum Gasteiger partial charge on any atom is -0.497 e. The van der Waals surface area contributed by atoms with Crippen LogP contribution in [-0.4, -0.2) is 17.9 Å². The minimum atomic E-state index is -0.0257. The van der Waals surface area contributed by atoms with Gasteiger partial charge < -0.3 is 9.72 Å². The topological polar surface area (TPSA) is 42.1 Å². The van der Waals surface area contributed by atoms with Gasteiger partial charge in [-0.25, -0.2) is 0 Å². The van der Waals surface area contributed by atoms with E-state index < -0.39 is 0 Å². The van der Waals surface area contributed by atoms with Crippen molar-refractivity contribution in [3.63, 3.8) is 0 Å². The highest BCUT2D eigenvalue weighted by Gasteiger charge is 2.01. The van der Waals surface area contributed by atoms with Crippen LogP contribution in [0.25, 0.3) is 6.08 Å². The van der Waals surface area contributed by atoms with Gasteiger partial charge >= 0.3 is 0 Å². The van der Waals surface area contributed by atoms with E-state index in [2.05, 4.69) is 4.98 Å². The highest BCUT2D eigenvalue weighted by molar-refractivity contribution is 6.06. The fourth-order valence-corrected chi connectivity index (χ4v) is 1.46. The maximum absolute atomic E-state index is 11.8. The summed E-state index contributed by atoms with van der Waals surface area (Å²) in [7, 11) is 1.60. The zero-order chi connectivity index (χ0) is 12.1. The van der Waals surface area contributed by atoms with Crippen molar-refractivity contribution in [3.05, 3.63) is 59.9 Å². The van der Waals surface area contributed by atoms with Crippen LogP contribution in [-0.2, 0) is 0 Å². The van der Waals surface area contributed by atoms with Gasteiger partial charge in [0.05, 0.1) is 7.11 Å². The molecular formula is C14H13NO2. The number of carbonyl (C=O) groups excluding carboxylic acids is 1. The second-order valence-corrected chi connectivity index (χ2v) is 3.55. The maximum Gasteiger partial charge on any atom is 0.185 e. The third-order valence-electron chi connectivity index (χ3n) is 2.41. The van der Waals surface area contributed by atoms with E-state index in [9.17, 15) is 4.79 Å². The molecule has 3 nitrogen and oxygen atoms in total. The predicted octanol–water partition coefficient (Wildman–Crippen LogP) is 2.92. The lowest BCUT2D eigenvalue weighted by Gasteiger charge is -1.99. The lowest BCUT2D eigenvalue weighted by atomic mass is 10.1. The van der Waals surface area contributed by atoms with Crippen LogP contribution in [0.1, 0.15) is 16.1 Å². The summed E-state index contributed by atoms with van der Waals surface area (Å²) in [5.74, 6) is 0.720. The van der Waals surface area contributed by atoms with E-state index >= 15 is 0 Å². The van der Waals surface area contributed by atoms with Crippen LogP contribution in [0.15, 0.2) is 48.7 Å². The van der Waals surface area contributed by atoms with Gasteiger partial charge in [-0.2, -0.15) is 0 Å². The molecule has 1 N–H and O–H groups in total. The highest BCUT2D eigenvalue weighted by atomic mass is 16.5. The van der Waals surface area contributed by atoms with Crippen molar-refractivity contribution in [1.29, 1.82) is 0 Å². The molecule has 0 spiro atoms. The summed E-state index contributed by atoms with van der Waals surface area (Å²) in [4.78, 5) is 14.8. The fourth-order valence-electron chi connectivity index (χ4n) is 1.46. The van der Waals surface area contributed by atoms with Crippen molar-refractivity contribution in [3.8, 4) is 5.75 Å². The summed E-state index contributed by atoms with van der Waals surface area (Å²) in [6.45, 7) is 0. The summed E-state index contributed by atoms with van der Waals surface area (Å²) < 4.78 is 5.03. The second-order valence-electron chi connectivity index (χ2n) is 3.55. The number of allylic oxidation sites excluding steroid dienone is 1. The van der Waals surface area contributed by atoms with Gasteiger partial charge in [-0.15, -0.1) is 0 Å². The van der Waals surface area contributed by atoms with Crippen LogP contribution in [0.5, 0.6) is 5.75 Å². The zero-order valence-corrected chi connectivity index (χ0v) is 9.51. The molecule has 2 rings (SSSR count). The van der Waals surface area contributed by atoms with Gasteiger partial charge in [0.1, 0.15) is 5.75 Å². The Labute approximate surface area is 99.7 Å². The molecule has 0 aliphatic heterocycles. The molecule has 3 heteroatoms. The van der Waals surface area contributed by atoms with Crippen LogP contribution in [0.4, 0.5) is 0 Å². The summed E-state index contributed by atoms with van der Waals surface area (Å²) >= 11 is 0. The summed E-state index contributed by atoms with van der Waals surface area (Å²) in [5.41, 5.74) is 1.56. The Morgan fingerprint density at radius 3 is 2.59 bits per heavy atom. The van der Waals surface area contributed by atoms with E-state index in [-0.39, 0.29) is 5.78 Å². The first-order valence-corrected chi connectivity index (χ1v) is 5.29. The smallest absolute Gasteiger partial charge is 0.185 e. The van der Waals surface area contributed by atoms with Crippen molar-refractivity contribution < 1.29 is 9.53 Å². The molecule has 1 heterocycles. The minimum absolute atomic E-state index is 0.0257. The number of methoxy groups -OCH3 is 1. The van der Waals surface area contributed by atoms with Crippen LogP contribution < -0.4 is 4.74 Å². The van der Waals surface area contributed by atoms with E-state index in [0.29, 0.717) is 5.56 Å². The molecule has 0 aliphatic carbocycles. The van der Waals surface area contributed by atoms with Crippen LogP contribution in [0.3, 0.4) is 0 Å². The quantitative estimate of drug-likeness (QED) is 0.644. The average molecular weight is 227 g/mol. The Hall–Kier alpha value is -2.29. The first kappa shape index (κ1) is 11.2. The molecule has 0 saturated heterocycles. The van der Waals surface area contributed by atoms with Crippen molar-refractivity contribution in [2.45, 2.75) is 0 Å². The molecule has 0 bridgehead atoms. The summed E-state index contributed by atoms with van der Waals surface area (Å²) in [6.07, 6.45) is 5.12. The van der Waals surface area contributed by atoms with Gasteiger partial charge in [0.25, 0.3) is 0 Å². The molecule has 0 fully saturated rings. The highest BCUT2D eigenvalue weighted by Crippen LogP contribution is 2.12. The molecule has 86 valence electrons. The number of ether oxygens (including phenoxy) is 1. The molecule has 1 aromatic heterocycles. The monoisotopic (exact) mass is 227 g/mol. The number of rotatable bonds is 4. The first-order chi connectivity index (χ1) is 8.29. The molecule has 0 atom stereocenters. The molecule has 0 aliphatic rings. The molecule has 1 aromatic carbocycles. The molecular weight excluding hydrogens is 214 g/mol. The third-order valence-corrected chi connectivity index (χ3v) is 2.41. The second kappa shape index (κ2) is 5.16. The molecule has 0 amide bonds. The summed E-state index contributed by atoms with van der Waals surface area (Å²) in [5, 5.41) is 0. The lowest BCUT2D eigenvalue weighted by molar-refractivity contribution is 0.104. The molecule has 17 heavy (non-hydrogen) atoms. The Morgan fingerprint density at radius 1 is 1.24 bits per heavy atom. The predicted molar refractivity (Wildman–Crippen MR) is 67.2 cm³/mol. The Morgan fingerprint density at radius 2 is 2.00 bits per heavy atom. The van der Waals surface area contributed by atoms with Crippen LogP contribution >= 0.6 is 0 Å². The van der Waals surface area contributed by atoms with Gasteiger partial charge in [-0.3, -0.25) is 4.79 Å². The van der Waals surface area contributed by atoms with Crippen LogP contribution in [0.2, 0.25) is 0 Å². The number of aromatic amines is 1. The number of H-pyrrole nitrogens is 1. The molecule has 0 unspecified atom stereocenters. The van der Waals surface area contributed by atoms with Gasteiger partial charge in [-0.05, 0) is 48.6 Å². The van der Waals surface area contributed by atoms with Crippen LogP contribution in [0, 0.1) is 0 Å². The van der Waals surface area contributed by atoms with E-state index in [1.807, 2.05) is 18.3 Å². The number of hydrogen-bond donors (Lipinski definition) is 1. The van der Waals surface area contributed by atoms with Crippen molar-refractivity contribution >= 4 is 11.9 Å². The normalized spacial score (nSPS) is 10.6. The SMILES string of the molecule is COc1ccc(C(=O)/C=C/c2ccc[nH]2)cc1. The fraction of sp³-hybridized carbons (Fsp3) is 0.0714. The molecule has 0 saturated carbocycles. The Balaban J connectivity index is 2.09. The van der Waals surface area contributed by atoms with Crippen molar-refractivity contribution in [2.75, 3.05) is 7.11 Å². The number of benzene rings is 1. The number of hydrogen-bond acceptors (Lipinski definition) is 2. The molecule has 0 radical (unpaired) electrons. The molecule has 2 aromatic rings. The van der Waals surface area contributed by atoms with Gasteiger partial charge in [0.15, 0.2) is 5.78 Å².